The number of para-hydroxylation sites is 1. The minimum absolute atomic E-state index is 0.251. The first kappa shape index (κ1) is 12.1. The van der Waals surface area contributed by atoms with E-state index in [1.165, 1.54) is 18.7 Å². The summed E-state index contributed by atoms with van der Waals surface area (Å²) in [7, 11) is 3.00. The van der Waals surface area contributed by atoms with Crippen LogP contribution in [0.3, 0.4) is 0 Å². The molecule has 0 aliphatic heterocycles. The van der Waals surface area contributed by atoms with Crippen molar-refractivity contribution < 1.29 is 9.53 Å². The number of hydrogen-bond acceptors (Lipinski definition) is 4. The Morgan fingerprint density at radius 3 is 2.67 bits per heavy atom. The van der Waals surface area contributed by atoms with Gasteiger partial charge in [-0.15, -0.1) is 0 Å². The van der Waals surface area contributed by atoms with Crippen molar-refractivity contribution in [1.82, 2.24) is 9.13 Å². The van der Waals surface area contributed by atoms with Gasteiger partial charge >= 0.3 is 5.69 Å². The Labute approximate surface area is 102 Å². The monoisotopic (exact) mass is 248 g/mol. The van der Waals surface area contributed by atoms with Crippen LogP contribution in [0.5, 0.6) is 5.75 Å². The fraction of sp³-hybridized carbons (Fsp3) is 0.250. The normalized spacial score (nSPS) is 10.6. The van der Waals surface area contributed by atoms with Gasteiger partial charge in [0.1, 0.15) is 17.6 Å². The first-order chi connectivity index (χ1) is 8.61. The summed E-state index contributed by atoms with van der Waals surface area (Å²) in [4.78, 5) is 34.6. The summed E-state index contributed by atoms with van der Waals surface area (Å²) in [6.45, 7) is -0.251. The number of hydrogen-bond donors (Lipinski definition) is 0. The van der Waals surface area contributed by atoms with Crippen molar-refractivity contribution in [3.63, 3.8) is 0 Å². The summed E-state index contributed by atoms with van der Waals surface area (Å²) >= 11 is 0. The van der Waals surface area contributed by atoms with Gasteiger partial charge in [-0.05, 0) is 12.1 Å². The lowest BCUT2D eigenvalue weighted by Crippen LogP contribution is -2.39. The Bertz CT molecular complexity index is 727. The van der Waals surface area contributed by atoms with Crippen molar-refractivity contribution in [2.75, 3.05) is 7.11 Å². The quantitative estimate of drug-likeness (QED) is 0.712. The van der Waals surface area contributed by atoms with Gasteiger partial charge in [-0.25, -0.2) is 4.79 Å². The van der Waals surface area contributed by atoms with E-state index in [0.717, 1.165) is 4.57 Å². The van der Waals surface area contributed by atoms with E-state index in [-0.39, 0.29) is 6.54 Å². The van der Waals surface area contributed by atoms with Crippen molar-refractivity contribution in [2.45, 2.75) is 6.54 Å². The van der Waals surface area contributed by atoms with E-state index >= 15 is 0 Å². The summed E-state index contributed by atoms with van der Waals surface area (Å²) in [6, 6.07) is 4.94. The summed E-state index contributed by atoms with van der Waals surface area (Å²) in [6.07, 6.45) is 0.523. The summed E-state index contributed by atoms with van der Waals surface area (Å²) in [5.74, 6) is 0.447. The van der Waals surface area contributed by atoms with Crippen molar-refractivity contribution in [3.05, 3.63) is 39.0 Å². The first-order valence-corrected chi connectivity index (χ1v) is 5.32. The summed E-state index contributed by atoms with van der Waals surface area (Å²) in [5.41, 5.74) is -0.597. The van der Waals surface area contributed by atoms with Crippen LogP contribution in [0.4, 0.5) is 0 Å². The molecule has 6 heteroatoms. The van der Waals surface area contributed by atoms with Gasteiger partial charge < -0.3 is 9.53 Å². The average Bonchev–Trinajstić information content (AvgIpc) is 2.40. The second-order valence-electron chi connectivity index (χ2n) is 3.78. The molecule has 2 aromatic rings. The van der Waals surface area contributed by atoms with Crippen molar-refractivity contribution in [1.29, 1.82) is 0 Å². The fourth-order valence-electron chi connectivity index (χ4n) is 1.95. The van der Waals surface area contributed by atoms with E-state index in [2.05, 4.69) is 0 Å². The molecule has 0 bridgehead atoms. The summed E-state index contributed by atoms with van der Waals surface area (Å²) < 4.78 is 7.34. The van der Waals surface area contributed by atoms with Crippen LogP contribution in [0.1, 0.15) is 0 Å². The molecule has 18 heavy (non-hydrogen) atoms. The van der Waals surface area contributed by atoms with Gasteiger partial charge in [0.2, 0.25) is 0 Å². The van der Waals surface area contributed by atoms with Crippen LogP contribution in [0.25, 0.3) is 10.9 Å². The van der Waals surface area contributed by atoms with Gasteiger partial charge in [0.15, 0.2) is 0 Å². The van der Waals surface area contributed by atoms with Crippen LogP contribution >= 0.6 is 0 Å². The smallest absolute Gasteiger partial charge is 0.331 e. The molecule has 1 aromatic carbocycles. The molecule has 0 spiro atoms. The predicted octanol–water partition coefficient (Wildman–Crippen LogP) is -0.0923. The van der Waals surface area contributed by atoms with E-state index in [4.69, 9.17) is 4.74 Å². The molecule has 0 aliphatic carbocycles. The number of aromatic nitrogens is 2. The number of aldehydes is 1. The maximum atomic E-state index is 12.1. The Morgan fingerprint density at radius 2 is 2.06 bits per heavy atom. The van der Waals surface area contributed by atoms with E-state index < -0.39 is 11.2 Å². The van der Waals surface area contributed by atoms with Gasteiger partial charge in [-0.2, -0.15) is 0 Å². The van der Waals surface area contributed by atoms with E-state index in [9.17, 15) is 14.4 Å². The minimum atomic E-state index is -0.538. The molecular formula is C12H12N2O4. The molecule has 0 N–H and O–H groups in total. The zero-order chi connectivity index (χ0) is 13.3. The first-order valence-electron chi connectivity index (χ1n) is 5.32. The third-order valence-corrected chi connectivity index (χ3v) is 2.80. The highest BCUT2D eigenvalue weighted by molar-refractivity contribution is 5.84. The molecule has 0 aliphatic rings. The maximum absolute atomic E-state index is 12.1. The molecule has 1 heterocycles. The molecule has 0 atom stereocenters. The van der Waals surface area contributed by atoms with Crippen LogP contribution in [0.15, 0.2) is 27.8 Å². The van der Waals surface area contributed by atoms with Crippen LogP contribution in [0, 0.1) is 0 Å². The van der Waals surface area contributed by atoms with Crippen LogP contribution < -0.4 is 16.0 Å². The molecule has 0 amide bonds. The number of benzene rings is 1. The van der Waals surface area contributed by atoms with Crippen molar-refractivity contribution >= 4 is 17.2 Å². The highest BCUT2D eigenvalue weighted by atomic mass is 16.5. The number of carbonyl (C=O) groups excluding carboxylic acids is 1. The molecule has 0 saturated carbocycles. The number of aryl methyl sites for hydroxylation is 1. The Kier molecular flexibility index (Phi) is 3.01. The molecule has 0 unspecified atom stereocenters. The molecule has 6 nitrogen and oxygen atoms in total. The Balaban J connectivity index is 3.02. The predicted molar refractivity (Wildman–Crippen MR) is 66.1 cm³/mol. The second kappa shape index (κ2) is 4.48. The largest absolute Gasteiger partial charge is 0.495 e. The number of ether oxygens (including phenoxy) is 1. The minimum Gasteiger partial charge on any atom is -0.495 e. The van der Waals surface area contributed by atoms with Gasteiger partial charge in [-0.3, -0.25) is 13.9 Å². The highest BCUT2D eigenvalue weighted by Gasteiger charge is 2.13. The van der Waals surface area contributed by atoms with E-state index in [1.807, 2.05) is 0 Å². The highest BCUT2D eigenvalue weighted by Crippen LogP contribution is 2.20. The number of methoxy groups -OCH3 is 1. The number of rotatable bonds is 3. The molecule has 0 saturated heterocycles. The van der Waals surface area contributed by atoms with Gasteiger partial charge in [-0.1, -0.05) is 6.07 Å². The molecule has 2 rings (SSSR count). The third kappa shape index (κ3) is 1.62. The number of carbonyl (C=O) groups is 1. The standard InChI is InChI=1S/C12H12N2O4/c1-13-10-8(4-3-5-9(10)18-2)11(16)14(6-7-15)12(13)17/h3-5,7H,6H2,1-2H3. The lowest BCUT2D eigenvalue weighted by atomic mass is 10.2. The second-order valence-corrected chi connectivity index (χ2v) is 3.78. The molecule has 1 aromatic heterocycles. The molecule has 94 valence electrons. The SMILES string of the molecule is COc1cccc2c(=O)n(CC=O)c(=O)n(C)c12. The van der Waals surface area contributed by atoms with Crippen LogP contribution in [-0.4, -0.2) is 22.5 Å². The Morgan fingerprint density at radius 1 is 1.33 bits per heavy atom. The van der Waals surface area contributed by atoms with Gasteiger partial charge in [0.25, 0.3) is 5.56 Å². The fourth-order valence-corrected chi connectivity index (χ4v) is 1.95. The van der Waals surface area contributed by atoms with Crippen molar-refractivity contribution in [3.8, 4) is 5.75 Å². The molecule has 0 fully saturated rings. The number of fused-ring (bicyclic) bond motifs is 1. The third-order valence-electron chi connectivity index (χ3n) is 2.80. The average molecular weight is 248 g/mol. The molecule has 0 radical (unpaired) electrons. The van der Waals surface area contributed by atoms with Gasteiger partial charge in [0, 0.05) is 7.05 Å². The topological polar surface area (TPSA) is 70.3 Å². The summed E-state index contributed by atoms with van der Waals surface area (Å²) in [5, 5.41) is 0.346. The van der Waals surface area contributed by atoms with Crippen LogP contribution in [-0.2, 0) is 18.4 Å². The maximum Gasteiger partial charge on any atom is 0.331 e. The lowest BCUT2D eigenvalue weighted by molar-refractivity contribution is -0.108. The lowest BCUT2D eigenvalue weighted by Gasteiger charge is -2.11. The van der Waals surface area contributed by atoms with E-state index in [0.29, 0.717) is 22.9 Å². The van der Waals surface area contributed by atoms with Gasteiger partial charge in [0.05, 0.1) is 19.0 Å². The Hall–Kier alpha value is -2.37. The zero-order valence-electron chi connectivity index (χ0n) is 10.0. The van der Waals surface area contributed by atoms with E-state index in [1.54, 1.807) is 18.2 Å². The zero-order valence-corrected chi connectivity index (χ0v) is 10.0. The molecular weight excluding hydrogens is 236 g/mol. The number of nitrogens with zero attached hydrogens (tertiary/aromatic N) is 2. The van der Waals surface area contributed by atoms with Crippen molar-refractivity contribution in [2.24, 2.45) is 7.05 Å². The van der Waals surface area contributed by atoms with Crippen LogP contribution in [0.2, 0.25) is 0 Å².